The highest BCUT2D eigenvalue weighted by Gasteiger charge is 2.46. The van der Waals surface area contributed by atoms with Gasteiger partial charge in [0.15, 0.2) is 11.4 Å². The second-order valence-corrected chi connectivity index (χ2v) is 18.5. The fraction of sp³-hybridized carbons (Fsp3) is 0.438. The lowest BCUT2D eigenvalue weighted by Crippen LogP contribution is -2.54. The summed E-state index contributed by atoms with van der Waals surface area (Å²) in [7, 11) is 0. The van der Waals surface area contributed by atoms with Crippen LogP contribution >= 0.6 is 0 Å². The molecule has 20 nitrogen and oxygen atoms in total. The van der Waals surface area contributed by atoms with E-state index in [9.17, 15) is 41.9 Å². The van der Waals surface area contributed by atoms with Gasteiger partial charge in [-0.15, -0.1) is 0 Å². The van der Waals surface area contributed by atoms with E-state index in [-0.39, 0.29) is 48.6 Å². The van der Waals surface area contributed by atoms with Gasteiger partial charge in [0.1, 0.15) is 23.7 Å². The quantitative estimate of drug-likeness (QED) is 0.0563. The van der Waals surface area contributed by atoms with E-state index < -0.39 is 70.2 Å². The summed E-state index contributed by atoms with van der Waals surface area (Å²) >= 11 is 0. The molecule has 3 aliphatic heterocycles. The van der Waals surface area contributed by atoms with E-state index in [0.29, 0.717) is 69.0 Å². The van der Waals surface area contributed by atoms with E-state index in [0.717, 1.165) is 40.4 Å². The van der Waals surface area contributed by atoms with Crippen molar-refractivity contribution in [2.75, 3.05) is 50.2 Å². The number of benzene rings is 2. The maximum atomic E-state index is 14.3. The number of allylic oxidation sites excluding steroid dienone is 1. The second-order valence-electron chi connectivity index (χ2n) is 18.5. The molecule has 5 N–H and O–H groups in total. The van der Waals surface area contributed by atoms with Gasteiger partial charge < -0.3 is 34.6 Å². The lowest BCUT2D eigenvalue weighted by molar-refractivity contribution is -0.140. The largest absolute Gasteiger partial charge is 0.447 e. The van der Waals surface area contributed by atoms with Crippen LogP contribution in [0, 0.1) is 5.92 Å². The van der Waals surface area contributed by atoms with Crippen molar-refractivity contribution in [2.24, 2.45) is 10.9 Å². The fourth-order valence-corrected chi connectivity index (χ4v) is 8.37. The van der Waals surface area contributed by atoms with E-state index in [1.54, 1.807) is 63.2 Å². The number of halogens is 3. The molecule has 0 bridgehead atoms. The molecule has 1 saturated heterocycles. The van der Waals surface area contributed by atoms with Crippen molar-refractivity contribution in [3.63, 3.8) is 0 Å². The minimum absolute atomic E-state index is 0.0295. The number of hydrogen-bond acceptors (Lipinski definition) is 15. The van der Waals surface area contributed by atoms with Crippen LogP contribution in [0.5, 0.6) is 0 Å². The van der Waals surface area contributed by atoms with Crippen molar-refractivity contribution in [1.29, 1.82) is 0 Å². The number of carbonyl (C=O) groups is 6. The van der Waals surface area contributed by atoms with Gasteiger partial charge >= 0.3 is 12.3 Å². The number of amides is 6. The summed E-state index contributed by atoms with van der Waals surface area (Å²) in [6, 6.07) is 10.4. The number of rotatable bonds is 19. The van der Waals surface area contributed by atoms with Crippen molar-refractivity contribution in [3.05, 3.63) is 101 Å². The van der Waals surface area contributed by atoms with Crippen LogP contribution in [-0.2, 0) is 41.9 Å². The number of alkyl carbamates (subject to hydrolysis) is 1. The molecule has 2 atom stereocenters. The van der Waals surface area contributed by atoms with E-state index in [1.807, 2.05) is 0 Å². The number of nitrogens with one attached hydrogen (secondary N) is 5. The topological polar surface area (TPSA) is 250 Å². The number of piperidine rings is 1. The van der Waals surface area contributed by atoms with Crippen molar-refractivity contribution in [2.45, 2.75) is 89.1 Å². The Morgan fingerprint density at radius 2 is 1.66 bits per heavy atom. The number of fused-ring (bicyclic) bond motifs is 1. The SMILES string of the molecule is CC(C)(C)OC(=O)NC1=NC=CC(CC2CC2)(c2nc(C(=O)Nc3cn(-c4ccc(CNCCOCCOCCNc5cccc6c5C(=O)N(C5CCC(=O)NC5=O)C6=O)cc4)nc3C(F)(F)F)co2)C1. The molecule has 23 heteroatoms. The highest BCUT2D eigenvalue weighted by atomic mass is 19.4. The number of carbonyl (C=O) groups excluding carboxylic acids is 6. The summed E-state index contributed by atoms with van der Waals surface area (Å²) in [5.74, 6) is -2.44. The Balaban J connectivity index is 0.765. The third kappa shape index (κ3) is 12.2. The van der Waals surface area contributed by atoms with Crippen LogP contribution in [0.15, 0.2) is 76.6 Å². The summed E-state index contributed by atoms with van der Waals surface area (Å²) in [6.07, 6.45) is 2.72. The monoisotopic (exact) mass is 986 g/mol. The highest BCUT2D eigenvalue weighted by molar-refractivity contribution is 6.25. The zero-order valence-corrected chi connectivity index (χ0v) is 39.2. The Labute approximate surface area is 405 Å². The average Bonchev–Trinajstić information content (AvgIpc) is 3.66. The summed E-state index contributed by atoms with van der Waals surface area (Å²) in [5.41, 5.74) is -1.81. The van der Waals surface area contributed by atoms with E-state index >= 15 is 0 Å². The molecule has 2 aromatic heterocycles. The molecule has 8 rings (SSSR count). The van der Waals surface area contributed by atoms with Crippen molar-refractivity contribution >= 4 is 52.8 Å². The first-order valence-corrected chi connectivity index (χ1v) is 23.1. The molecule has 4 aromatic rings. The maximum absolute atomic E-state index is 14.3. The Bertz CT molecular complexity index is 2740. The van der Waals surface area contributed by atoms with Gasteiger partial charge in [-0.1, -0.05) is 37.1 Å². The van der Waals surface area contributed by atoms with Gasteiger partial charge in [-0.2, -0.15) is 18.3 Å². The summed E-state index contributed by atoms with van der Waals surface area (Å²) in [4.78, 5) is 85.9. The van der Waals surface area contributed by atoms with Gasteiger partial charge in [0.05, 0.1) is 60.5 Å². The Morgan fingerprint density at radius 1 is 0.915 bits per heavy atom. The molecule has 1 saturated carbocycles. The molecule has 5 heterocycles. The lowest BCUT2D eigenvalue weighted by Gasteiger charge is -2.30. The molecule has 2 unspecified atom stereocenters. The van der Waals surface area contributed by atoms with E-state index in [4.69, 9.17) is 18.6 Å². The zero-order chi connectivity index (χ0) is 50.5. The molecule has 0 radical (unpaired) electrons. The number of alkyl halides is 3. The van der Waals surface area contributed by atoms with Crippen molar-refractivity contribution in [3.8, 4) is 5.69 Å². The van der Waals surface area contributed by atoms with Gasteiger partial charge in [-0.3, -0.25) is 39.5 Å². The maximum Gasteiger partial charge on any atom is 0.437 e. The number of ether oxygens (including phenoxy) is 3. The summed E-state index contributed by atoms with van der Waals surface area (Å²) < 4.78 is 66.3. The van der Waals surface area contributed by atoms with Crippen molar-refractivity contribution < 1.29 is 60.6 Å². The standard InChI is InChI=1S/C48H53F3N10O10/c1-46(2,3)71-45(67)57-36-24-47(15-16-54-36,23-28-7-8-28)44-56-34(27-70-44)40(63)55-33-26-60(59-39(33)48(49,50)51)30-11-9-29(10-12-30)25-52-17-19-68-21-22-69-20-18-53-32-6-4-5-31-38(32)43(66)61(42(31)65)35-13-14-37(62)58-41(35)64/h4-6,9-12,15-16,26-28,35,52-53H,7-8,13-14,17-25H2,1-3H3,(H,55,63)(H,54,57,67)(H,58,62,64). The number of oxazole rings is 1. The Morgan fingerprint density at radius 3 is 2.37 bits per heavy atom. The molecule has 2 fully saturated rings. The van der Waals surface area contributed by atoms with Crippen LogP contribution in [0.3, 0.4) is 0 Å². The molecule has 1 aliphatic carbocycles. The lowest BCUT2D eigenvalue weighted by atomic mass is 9.77. The second kappa shape index (κ2) is 21.0. The average molecular weight is 987 g/mol. The van der Waals surface area contributed by atoms with Crippen LogP contribution in [0.2, 0.25) is 0 Å². The van der Waals surface area contributed by atoms with Crippen LogP contribution < -0.4 is 26.6 Å². The van der Waals surface area contributed by atoms with Gasteiger partial charge in [0.2, 0.25) is 17.7 Å². The molecular weight excluding hydrogens is 934 g/mol. The molecule has 6 amide bonds. The molecule has 4 aliphatic rings. The van der Waals surface area contributed by atoms with Gasteiger partial charge in [0.25, 0.3) is 17.7 Å². The number of aliphatic imine (C=N–C) groups is 1. The molecule has 0 spiro atoms. The Kier molecular flexibility index (Phi) is 14.8. The first-order valence-electron chi connectivity index (χ1n) is 23.1. The zero-order valence-electron chi connectivity index (χ0n) is 39.2. The number of amidine groups is 1. The third-order valence-corrected chi connectivity index (χ3v) is 11.9. The van der Waals surface area contributed by atoms with Crippen LogP contribution in [0.1, 0.15) is 108 Å². The summed E-state index contributed by atoms with van der Waals surface area (Å²) in [6.45, 7) is 7.70. The number of imide groups is 2. The minimum Gasteiger partial charge on any atom is -0.447 e. The molecule has 2 aromatic carbocycles. The van der Waals surface area contributed by atoms with Crippen LogP contribution in [0.25, 0.3) is 5.69 Å². The van der Waals surface area contributed by atoms with Crippen LogP contribution in [-0.4, -0.2) is 112 Å². The Hall–Kier alpha value is -7.24. The first-order chi connectivity index (χ1) is 33.9. The number of anilines is 2. The van der Waals surface area contributed by atoms with Crippen molar-refractivity contribution in [1.82, 2.24) is 35.6 Å². The molecular formula is C48H53F3N10O10. The first kappa shape index (κ1) is 50.2. The van der Waals surface area contributed by atoms with Crippen LogP contribution in [0.4, 0.5) is 29.3 Å². The molecule has 71 heavy (non-hydrogen) atoms. The summed E-state index contributed by atoms with van der Waals surface area (Å²) in [5, 5.41) is 17.3. The van der Waals surface area contributed by atoms with Gasteiger partial charge in [-0.05, 0) is 69.4 Å². The molecule has 376 valence electrons. The predicted molar refractivity (Wildman–Crippen MR) is 248 cm³/mol. The highest BCUT2D eigenvalue weighted by Crippen LogP contribution is 2.46. The smallest absolute Gasteiger partial charge is 0.437 e. The third-order valence-electron chi connectivity index (χ3n) is 11.9. The number of nitrogens with zero attached hydrogens (tertiary/aromatic N) is 5. The van der Waals surface area contributed by atoms with E-state index in [2.05, 4.69) is 41.7 Å². The van der Waals surface area contributed by atoms with Gasteiger partial charge in [0, 0.05) is 44.4 Å². The minimum atomic E-state index is -4.90. The normalized spacial score (nSPS) is 19.1. The predicted octanol–water partition coefficient (Wildman–Crippen LogP) is 5.65. The van der Waals surface area contributed by atoms with E-state index in [1.165, 1.54) is 12.3 Å². The van der Waals surface area contributed by atoms with Gasteiger partial charge in [-0.25, -0.2) is 19.5 Å². The fourth-order valence-electron chi connectivity index (χ4n) is 8.37. The number of hydrogen-bond donors (Lipinski definition) is 5. The number of aromatic nitrogens is 3.